The van der Waals surface area contributed by atoms with Gasteiger partial charge in [-0.2, -0.15) is 0 Å². The predicted molar refractivity (Wildman–Crippen MR) is 128 cm³/mol. The Balaban J connectivity index is 1.66. The first-order valence-electron chi connectivity index (χ1n) is 9.88. The van der Waals surface area contributed by atoms with Crippen molar-refractivity contribution in [3.8, 4) is 11.5 Å². The number of allylic oxidation sites excluding steroid dienone is 1. The Kier molecular flexibility index (Phi) is 8.31. The second-order valence-corrected chi connectivity index (χ2v) is 7.48. The van der Waals surface area contributed by atoms with E-state index in [2.05, 4.69) is 5.32 Å². The molecule has 3 aromatic rings. The summed E-state index contributed by atoms with van der Waals surface area (Å²) in [5.74, 6) is 0.418. The van der Waals surface area contributed by atoms with Crippen LogP contribution in [-0.4, -0.2) is 24.9 Å². The zero-order valence-corrected chi connectivity index (χ0v) is 18.8. The van der Waals surface area contributed by atoms with Crippen LogP contribution in [0.5, 0.6) is 11.5 Å². The van der Waals surface area contributed by atoms with Crippen LogP contribution in [0.3, 0.4) is 0 Å². The number of ether oxygens (including phenoxy) is 2. The van der Waals surface area contributed by atoms with Gasteiger partial charge in [-0.05, 0) is 61.0 Å². The van der Waals surface area contributed by atoms with Gasteiger partial charge in [-0.15, -0.1) is 0 Å². The number of para-hydroxylation sites is 1. The summed E-state index contributed by atoms with van der Waals surface area (Å²) in [7, 11) is 0. The van der Waals surface area contributed by atoms with Gasteiger partial charge in [0.05, 0.1) is 16.7 Å². The number of hydrogen-bond donors (Lipinski definition) is 1. The van der Waals surface area contributed by atoms with E-state index in [4.69, 9.17) is 32.7 Å². The van der Waals surface area contributed by atoms with E-state index in [0.717, 1.165) is 5.56 Å². The molecule has 164 valence electrons. The molecule has 7 heteroatoms. The maximum atomic E-state index is 12.4. The molecule has 3 rings (SSSR count). The summed E-state index contributed by atoms with van der Waals surface area (Å²) in [6.07, 6.45) is 3.11. The molecule has 0 fully saturated rings. The second kappa shape index (κ2) is 11.4. The van der Waals surface area contributed by atoms with Crippen LogP contribution in [0.2, 0.25) is 10.0 Å². The largest absolute Gasteiger partial charge is 0.490 e. The average molecular weight is 470 g/mol. The number of halogens is 2. The zero-order chi connectivity index (χ0) is 22.9. The predicted octanol–water partition coefficient (Wildman–Crippen LogP) is 6.31. The van der Waals surface area contributed by atoms with Gasteiger partial charge < -0.3 is 14.8 Å². The van der Waals surface area contributed by atoms with Gasteiger partial charge in [0.15, 0.2) is 23.9 Å². The fourth-order valence-electron chi connectivity index (χ4n) is 2.80. The van der Waals surface area contributed by atoms with Gasteiger partial charge >= 0.3 is 0 Å². The molecule has 1 N–H and O–H groups in total. The monoisotopic (exact) mass is 469 g/mol. The van der Waals surface area contributed by atoms with Crippen LogP contribution < -0.4 is 14.8 Å². The smallest absolute Gasteiger partial charge is 0.262 e. The zero-order valence-electron chi connectivity index (χ0n) is 17.3. The van der Waals surface area contributed by atoms with Crippen LogP contribution in [0.25, 0.3) is 6.08 Å². The number of hydrogen-bond acceptors (Lipinski definition) is 4. The minimum Gasteiger partial charge on any atom is -0.490 e. The molecule has 0 saturated heterocycles. The SMILES string of the molecule is CCOc1cc(/C=C/C(=O)c2ccc(Cl)c(Cl)c2)ccc1OCC(=O)Nc1ccccc1. The lowest BCUT2D eigenvalue weighted by Gasteiger charge is -2.12. The third-order valence-electron chi connectivity index (χ3n) is 4.32. The summed E-state index contributed by atoms with van der Waals surface area (Å²) < 4.78 is 11.3. The van der Waals surface area contributed by atoms with E-state index >= 15 is 0 Å². The number of amides is 1. The number of rotatable bonds is 9. The fraction of sp³-hybridized carbons (Fsp3) is 0.120. The Morgan fingerprint density at radius 3 is 2.41 bits per heavy atom. The molecular formula is C25H21Cl2NO4. The minimum atomic E-state index is -0.283. The van der Waals surface area contributed by atoms with Crippen LogP contribution in [-0.2, 0) is 4.79 Å². The van der Waals surface area contributed by atoms with Crippen molar-refractivity contribution in [2.75, 3.05) is 18.5 Å². The summed E-state index contributed by atoms with van der Waals surface area (Å²) in [4.78, 5) is 24.5. The second-order valence-electron chi connectivity index (χ2n) is 6.67. The Hall–Kier alpha value is -3.28. The van der Waals surface area contributed by atoms with Crippen molar-refractivity contribution in [1.82, 2.24) is 0 Å². The quantitative estimate of drug-likeness (QED) is 0.294. The van der Waals surface area contributed by atoms with Gasteiger partial charge in [0.2, 0.25) is 0 Å². The fourth-order valence-corrected chi connectivity index (χ4v) is 3.09. The molecule has 0 heterocycles. The van der Waals surface area contributed by atoms with Crippen LogP contribution in [0, 0.1) is 0 Å². The van der Waals surface area contributed by atoms with Gasteiger partial charge in [0, 0.05) is 11.3 Å². The first-order chi connectivity index (χ1) is 15.5. The van der Waals surface area contributed by atoms with Gasteiger partial charge in [-0.25, -0.2) is 0 Å². The van der Waals surface area contributed by atoms with Gasteiger partial charge in [-0.1, -0.05) is 53.5 Å². The van der Waals surface area contributed by atoms with Gasteiger partial charge in [0.1, 0.15) is 0 Å². The highest BCUT2D eigenvalue weighted by atomic mass is 35.5. The van der Waals surface area contributed by atoms with Crippen molar-refractivity contribution in [3.05, 3.63) is 94.0 Å². The highest BCUT2D eigenvalue weighted by molar-refractivity contribution is 6.42. The van der Waals surface area contributed by atoms with Crippen LogP contribution in [0.4, 0.5) is 5.69 Å². The van der Waals surface area contributed by atoms with Crippen LogP contribution in [0.1, 0.15) is 22.8 Å². The molecule has 1 amide bonds. The number of carbonyl (C=O) groups excluding carboxylic acids is 2. The molecule has 0 spiro atoms. The molecule has 0 aliphatic heterocycles. The normalized spacial score (nSPS) is 10.7. The number of benzene rings is 3. The molecule has 0 aliphatic rings. The van der Waals surface area contributed by atoms with Crippen molar-refractivity contribution >= 4 is 46.7 Å². The highest BCUT2D eigenvalue weighted by Crippen LogP contribution is 2.29. The average Bonchev–Trinajstić information content (AvgIpc) is 2.79. The van der Waals surface area contributed by atoms with E-state index in [1.165, 1.54) is 12.1 Å². The van der Waals surface area contributed by atoms with Crippen LogP contribution >= 0.6 is 23.2 Å². The van der Waals surface area contributed by atoms with Crippen molar-refractivity contribution in [3.63, 3.8) is 0 Å². The van der Waals surface area contributed by atoms with E-state index in [-0.39, 0.29) is 18.3 Å². The molecule has 0 bridgehead atoms. The molecule has 5 nitrogen and oxygen atoms in total. The molecule has 0 aromatic heterocycles. The number of anilines is 1. The maximum absolute atomic E-state index is 12.4. The van der Waals surface area contributed by atoms with Gasteiger partial charge in [0.25, 0.3) is 5.91 Å². The Morgan fingerprint density at radius 1 is 0.906 bits per heavy atom. The molecular weight excluding hydrogens is 449 g/mol. The van der Waals surface area contributed by atoms with Crippen molar-refractivity contribution in [1.29, 1.82) is 0 Å². The summed E-state index contributed by atoms with van der Waals surface area (Å²) in [5.41, 5.74) is 1.87. The molecule has 32 heavy (non-hydrogen) atoms. The Bertz CT molecular complexity index is 1130. The first-order valence-corrected chi connectivity index (χ1v) is 10.6. The van der Waals surface area contributed by atoms with E-state index in [1.54, 1.807) is 48.5 Å². The molecule has 0 saturated carbocycles. The number of ketones is 1. The van der Waals surface area contributed by atoms with Crippen LogP contribution in [0.15, 0.2) is 72.8 Å². The third kappa shape index (κ3) is 6.61. The highest BCUT2D eigenvalue weighted by Gasteiger charge is 2.10. The van der Waals surface area contributed by atoms with Crippen molar-refractivity contribution < 1.29 is 19.1 Å². The van der Waals surface area contributed by atoms with Crippen molar-refractivity contribution in [2.45, 2.75) is 6.92 Å². The summed E-state index contributed by atoms with van der Waals surface area (Å²) >= 11 is 11.9. The number of nitrogens with one attached hydrogen (secondary N) is 1. The topological polar surface area (TPSA) is 64.6 Å². The van der Waals surface area contributed by atoms with E-state index in [0.29, 0.717) is 39.4 Å². The van der Waals surface area contributed by atoms with E-state index in [9.17, 15) is 9.59 Å². The maximum Gasteiger partial charge on any atom is 0.262 e. The van der Waals surface area contributed by atoms with Crippen molar-refractivity contribution in [2.24, 2.45) is 0 Å². The third-order valence-corrected chi connectivity index (χ3v) is 5.05. The lowest BCUT2D eigenvalue weighted by atomic mass is 10.1. The molecule has 0 aliphatic carbocycles. The Morgan fingerprint density at radius 2 is 1.69 bits per heavy atom. The lowest BCUT2D eigenvalue weighted by Crippen LogP contribution is -2.20. The lowest BCUT2D eigenvalue weighted by molar-refractivity contribution is -0.118. The molecule has 3 aromatic carbocycles. The standard InChI is InChI=1S/C25H21Cl2NO4/c1-2-31-24-14-17(8-12-22(29)18-10-11-20(26)21(27)15-18)9-13-23(24)32-16-25(30)28-19-6-4-3-5-7-19/h3-15H,2,16H2,1H3,(H,28,30)/b12-8+. The minimum absolute atomic E-state index is 0.167. The summed E-state index contributed by atoms with van der Waals surface area (Å²) in [6, 6.07) is 19.1. The summed E-state index contributed by atoms with van der Waals surface area (Å²) in [6.45, 7) is 2.10. The van der Waals surface area contributed by atoms with E-state index < -0.39 is 0 Å². The van der Waals surface area contributed by atoms with Gasteiger partial charge in [-0.3, -0.25) is 9.59 Å². The molecule has 0 radical (unpaired) electrons. The molecule has 0 atom stereocenters. The molecule has 0 unspecified atom stereocenters. The Labute approximate surface area is 196 Å². The first kappa shape index (κ1) is 23.4. The van der Waals surface area contributed by atoms with E-state index in [1.807, 2.05) is 25.1 Å². The summed E-state index contributed by atoms with van der Waals surface area (Å²) in [5, 5.41) is 3.47. The number of carbonyl (C=O) groups is 2.